The Labute approximate surface area is 291 Å². The van der Waals surface area contributed by atoms with Gasteiger partial charge in [-0.15, -0.1) is 0 Å². The van der Waals surface area contributed by atoms with Gasteiger partial charge >= 0.3 is 17.9 Å². The molecule has 0 aliphatic heterocycles. The molecule has 1 atom stereocenters. The first-order valence-electron chi connectivity index (χ1n) is 20.4. The topological polar surface area (TPSA) is 78.9 Å². The van der Waals surface area contributed by atoms with E-state index in [1.807, 2.05) is 0 Å². The molecule has 0 aromatic heterocycles. The van der Waals surface area contributed by atoms with Crippen molar-refractivity contribution in [3.8, 4) is 0 Å². The van der Waals surface area contributed by atoms with Gasteiger partial charge in [0, 0.05) is 19.3 Å². The summed E-state index contributed by atoms with van der Waals surface area (Å²) in [5.74, 6) is -0.0957. The van der Waals surface area contributed by atoms with E-state index in [4.69, 9.17) is 14.2 Å². The third-order valence-electron chi connectivity index (χ3n) is 9.04. The highest BCUT2D eigenvalue weighted by Gasteiger charge is 2.19. The Morgan fingerprint density at radius 1 is 0.404 bits per heavy atom. The van der Waals surface area contributed by atoms with Crippen LogP contribution < -0.4 is 0 Å². The van der Waals surface area contributed by atoms with Crippen LogP contribution in [0.4, 0.5) is 0 Å². The fourth-order valence-corrected chi connectivity index (χ4v) is 5.92. The van der Waals surface area contributed by atoms with Crippen LogP contribution in [0.1, 0.15) is 220 Å². The van der Waals surface area contributed by atoms with E-state index in [1.54, 1.807) is 0 Å². The summed E-state index contributed by atoms with van der Waals surface area (Å²) < 4.78 is 16.5. The van der Waals surface area contributed by atoms with Crippen molar-refractivity contribution in [2.75, 3.05) is 13.2 Å². The minimum absolute atomic E-state index is 0.0665. The first-order valence-corrected chi connectivity index (χ1v) is 20.4. The highest BCUT2D eigenvalue weighted by atomic mass is 16.6. The lowest BCUT2D eigenvalue weighted by molar-refractivity contribution is -0.167. The molecule has 0 aliphatic rings. The van der Waals surface area contributed by atoms with Gasteiger partial charge in [0.1, 0.15) is 13.2 Å². The van der Waals surface area contributed by atoms with Crippen molar-refractivity contribution in [2.45, 2.75) is 226 Å². The van der Waals surface area contributed by atoms with Gasteiger partial charge in [0.15, 0.2) is 6.10 Å². The van der Waals surface area contributed by atoms with Crippen molar-refractivity contribution >= 4 is 17.9 Å². The Kier molecular flexibility index (Phi) is 34.5. The second-order valence-corrected chi connectivity index (χ2v) is 14.4. The molecule has 278 valence electrons. The summed E-state index contributed by atoms with van der Waals surface area (Å²) >= 11 is 0. The Morgan fingerprint density at radius 2 is 0.702 bits per heavy atom. The van der Waals surface area contributed by atoms with Crippen molar-refractivity contribution in [3.05, 3.63) is 0 Å². The average molecular weight is 667 g/mol. The molecule has 0 bridgehead atoms. The van der Waals surface area contributed by atoms with Crippen molar-refractivity contribution in [1.29, 1.82) is 0 Å². The molecule has 47 heavy (non-hydrogen) atoms. The molecule has 0 aromatic rings. The summed E-state index contributed by atoms with van der Waals surface area (Å²) in [5, 5.41) is 0. The molecule has 0 fully saturated rings. The number of hydrogen-bond acceptors (Lipinski definition) is 6. The van der Waals surface area contributed by atoms with Crippen LogP contribution in [-0.4, -0.2) is 37.2 Å². The zero-order valence-corrected chi connectivity index (χ0v) is 31.7. The van der Waals surface area contributed by atoms with E-state index in [0.717, 1.165) is 70.1 Å². The van der Waals surface area contributed by atoms with Crippen LogP contribution in [0.3, 0.4) is 0 Å². The highest BCUT2D eigenvalue weighted by molar-refractivity contribution is 5.71. The zero-order valence-electron chi connectivity index (χ0n) is 31.7. The Balaban J connectivity index is 4.24. The fourth-order valence-electron chi connectivity index (χ4n) is 5.92. The Hall–Kier alpha value is -1.59. The third kappa shape index (κ3) is 35.5. The first kappa shape index (κ1) is 45.4. The SMILES string of the molecule is CCCCCCCCCCCCCCCCC(=O)O[C@@H](COC(=O)CCCCCCC)COC(=O)CCCCCCCCCC(C)C. The number of esters is 3. The van der Waals surface area contributed by atoms with E-state index in [-0.39, 0.29) is 31.1 Å². The van der Waals surface area contributed by atoms with Gasteiger partial charge < -0.3 is 14.2 Å². The Morgan fingerprint density at radius 3 is 1.04 bits per heavy atom. The average Bonchev–Trinajstić information content (AvgIpc) is 3.05. The van der Waals surface area contributed by atoms with Crippen LogP contribution in [0.2, 0.25) is 0 Å². The second-order valence-electron chi connectivity index (χ2n) is 14.4. The molecule has 0 saturated carbocycles. The third-order valence-corrected chi connectivity index (χ3v) is 9.04. The van der Waals surface area contributed by atoms with Crippen molar-refractivity contribution in [2.24, 2.45) is 5.92 Å². The van der Waals surface area contributed by atoms with E-state index < -0.39 is 6.10 Å². The van der Waals surface area contributed by atoms with Crippen LogP contribution in [-0.2, 0) is 28.6 Å². The molecule has 0 saturated heterocycles. The molecule has 0 amide bonds. The predicted molar refractivity (Wildman–Crippen MR) is 196 cm³/mol. The molecule has 6 nitrogen and oxygen atoms in total. The quantitative estimate of drug-likeness (QED) is 0.0376. The standard InChI is InChI=1S/C41H78O6/c1-5-7-9-11-12-13-14-15-16-17-18-21-26-30-34-41(44)47-38(35-45-39(42)32-28-23-10-8-6-2)36-46-40(43)33-29-25-22-19-20-24-27-31-37(3)4/h37-38H,5-36H2,1-4H3/t38-/m0/s1. The summed E-state index contributed by atoms with van der Waals surface area (Å²) in [6.45, 7) is 8.84. The second kappa shape index (κ2) is 35.7. The van der Waals surface area contributed by atoms with Gasteiger partial charge in [-0.1, -0.05) is 182 Å². The Bertz CT molecular complexity index is 706. The van der Waals surface area contributed by atoms with Gasteiger partial charge in [0.2, 0.25) is 0 Å². The van der Waals surface area contributed by atoms with Crippen LogP contribution in [0, 0.1) is 5.92 Å². The maximum Gasteiger partial charge on any atom is 0.306 e. The maximum atomic E-state index is 12.6. The monoisotopic (exact) mass is 667 g/mol. The number of rotatable bonds is 36. The lowest BCUT2D eigenvalue weighted by Gasteiger charge is -2.18. The minimum Gasteiger partial charge on any atom is -0.462 e. The summed E-state index contributed by atoms with van der Waals surface area (Å²) in [6, 6.07) is 0. The summed E-state index contributed by atoms with van der Waals surface area (Å²) in [6.07, 6.45) is 32.6. The van der Waals surface area contributed by atoms with E-state index in [0.29, 0.717) is 19.3 Å². The number of ether oxygens (including phenoxy) is 3. The van der Waals surface area contributed by atoms with Gasteiger partial charge in [0.25, 0.3) is 0 Å². The molecule has 0 spiro atoms. The summed E-state index contributed by atoms with van der Waals surface area (Å²) in [4.78, 5) is 37.3. The van der Waals surface area contributed by atoms with Crippen molar-refractivity contribution in [3.63, 3.8) is 0 Å². The van der Waals surface area contributed by atoms with Gasteiger partial charge in [-0.05, 0) is 25.2 Å². The minimum atomic E-state index is -0.757. The van der Waals surface area contributed by atoms with E-state index in [9.17, 15) is 14.4 Å². The van der Waals surface area contributed by atoms with Crippen molar-refractivity contribution < 1.29 is 28.6 Å². The largest absolute Gasteiger partial charge is 0.462 e. The molecule has 0 N–H and O–H groups in total. The number of hydrogen-bond donors (Lipinski definition) is 0. The molecule has 0 aromatic carbocycles. The lowest BCUT2D eigenvalue weighted by Crippen LogP contribution is -2.30. The summed E-state index contributed by atoms with van der Waals surface area (Å²) in [5.41, 5.74) is 0. The van der Waals surface area contributed by atoms with Crippen molar-refractivity contribution in [1.82, 2.24) is 0 Å². The van der Waals surface area contributed by atoms with Gasteiger partial charge in [-0.25, -0.2) is 0 Å². The highest BCUT2D eigenvalue weighted by Crippen LogP contribution is 2.15. The molecular formula is C41H78O6. The molecule has 0 heterocycles. The zero-order chi connectivity index (χ0) is 34.6. The molecule has 0 radical (unpaired) electrons. The normalized spacial score (nSPS) is 11.9. The number of carbonyl (C=O) groups is 3. The smallest absolute Gasteiger partial charge is 0.306 e. The fraction of sp³-hybridized carbons (Fsp3) is 0.927. The maximum absolute atomic E-state index is 12.6. The molecule has 0 aliphatic carbocycles. The van der Waals surface area contributed by atoms with Gasteiger partial charge in [-0.3, -0.25) is 14.4 Å². The van der Waals surface area contributed by atoms with Crippen LogP contribution >= 0.6 is 0 Å². The summed E-state index contributed by atoms with van der Waals surface area (Å²) in [7, 11) is 0. The first-order chi connectivity index (χ1) is 22.9. The van der Waals surface area contributed by atoms with E-state index in [2.05, 4.69) is 27.7 Å². The number of carbonyl (C=O) groups excluding carboxylic acids is 3. The predicted octanol–water partition coefficient (Wildman–Crippen LogP) is 12.4. The molecule has 0 rings (SSSR count). The molecule has 0 unspecified atom stereocenters. The van der Waals surface area contributed by atoms with Crippen LogP contribution in [0.15, 0.2) is 0 Å². The van der Waals surface area contributed by atoms with Gasteiger partial charge in [-0.2, -0.15) is 0 Å². The molecular weight excluding hydrogens is 588 g/mol. The van der Waals surface area contributed by atoms with Gasteiger partial charge in [0.05, 0.1) is 0 Å². The lowest BCUT2D eigenvalue weighted by atomic mass is 10.0. The van der Waals surface area contributed by atoms with Crippen LogP contribution in [0.25, 0.3) is 0 Å². The van der Waals surface area contributed by atoms with E-state index in [1.165, 1.54) is 109 Å². The molecule has 6 heteroatoms. The van der Waals surface area contributed by atoms with E-state index >= 15 is 0 Å². The van der Waals surface area contributed by atoms with Crippen LogP contribution in [0.5, 0.6) is 0 Å². The number of unbranched alkanes of at least 4 members (excludes halogenated alkanes) is 23.